The third-order valence-electron chi connectivity index (χ3n) is 4.06. The molecule has 0 unspecified atom stereocenters. The summed E-state index contributed by atoms with van der Waals surface area (Å²) in [7, 11) is 0. The third-order valence-corrected chi connectivity index (χ3v) is 5.35. The van der Waals surface area contributed by atoms with E-state index in [1.807, 2.05) is 36.4 Å². The highest BCUT2D eigenvalue weighted by Crippen LogP contribution is 2.37. The number of aromatic nitrogens is 1. The molecule has 0 saturated heterocycles. The standard InChI is InChI=1S/C22H16ClNS/c1-15-6-12-19(13-7-15)25-21-14-17-4-2-3-5-20(17)24-22(21)16-8-10-18(23)11-9-16/h2-14H,1H3. The van der Waals surface area contributed by atoms with E-state index in [0.29, 0.717) is 0 Å². The van der Waals surface area contributed by atoms with Crippen molar-refractivity contribution in [2.75, 3.05) is 0 Å². The van der Waals surface area contributed by atoms with Gasteiger partial charge in [0, 0.05) is 25.8 Å². The van der Waals surface area contributed by atoms with Gasteiger partial charge in [0.05, 0.1) is 11.2 Å². The lowest BCUT2D eigenvalue weighted by Crippen LogP contribution is -1.90. The molecule has 3 heteroatoms. The van der Waals surface area contributed by atoms with Crippen molar-refractivity contribution in [3.63, 3.8) is 0 Å². The van der Waals surface area contributed by atoms with E-state index in [0.717, 1.165) is 32.1 Å². The monoisotopic (exact) mass is 361 g/mol. The first kappa shape index (κ1) is 16.2. The SMILES string of the molecule is Cc1ccc(Sc2cc3ccccc3nc2-c2ccc(Cl)cc2)cc1. The molecule has 4 rings (SSSR count). The highest BCUT2D eigenvalue weighted by molar-refractivity contribution is 7.99. The number of hydrogen-bond acceptors (Lipinski definition) is 2. The van der Waals surface area contributed by atoms with Gasteiger partial charge in [0.25, 0.3) is 0 Å². The van der Waals surface area contributed by atoms with Crippen LogP contribution in [0.2, 0.25) is 5.02 Å². The number of fused-ring (bicyclic) bond motifs is 1. The smallest absolute Gasteiger partial charge is 0.0849 e. The first-order valence-electron chi connectivity index (χ1n) is 8.09. The molecule has 0 amide bonds. The molecule has 0 aliphatic rings. The van der Waals surface area contributed by atoms with Crippen molar-refractivity contribution in [3.8, 4) is 11.3 Å². The average Bonchev–Trinajstić information content (AvgIpc) is 2.64. The minimum Gasteiger partial charge on any atom is -0.247 e. The van der Waals surface area contributed by atoms with Crippen LogP contribution in [0.25, 0.3) is 22.2 Å². The van der Waals surface area contributed by atoms with Gasteiger partial charge in [-0.2, -0.15) is 0 Å². The lowest BCUT2D eigenvalue weighted by Gasteiger charge is -2.11. The van der Waals surface area contributed by atoms with Crippen molar-refractivity contribution in [3.05, 3.63) is 89.4 Å². The second-order valence-electron chi connectivity index (χ2n) is 5.95. The van der Waals surface area contributed by atoms with Crippen molar-refractivity contribution < 1.29 is 0 Å². The van der Waals surface area contributed by atoms with Crippen LogP contribution in [0.5, 0.6) is 0 Å². The van der Waals surface area contributed by atoms with Crippen LogP contribution in [0.15, 0.2) is 88.7 Å². The number of benzene rings is 3. The Balaban J connectivity index is 1.86. The maximum absolute atomic E-state index is 6.05. The molecule has 4 aromatic rings. The van der Waals surface area contributed by atoms with Crippen molar-refractivity contribution in [2.24, 2.45) is 0 Å². The molecule has 122 valence electrons. The summed E-state index contributed by atoms with van der Waals surface area (Å²) in [5.41, 5.74) is 4.32. The van der Waals surface area contributed by atoms with Gasteiger partial charge in [0.1, 0.15) is 0 Å². The van der Waals surface area contributed by atoms with Gasteiger partial charge < -0.3 is 0 Å². The van der Waals surface area contributed by atoms with E-state index in [9.17, 15) is 0 Å². The van der Waals surface area contributed by atoms with Crippen LogP contribution in [0.4, 0.5) is 0 Å². The Kier molecular flexibility index (Phi) is 4.48. The number of pyridine rings is 1. The van der Waals surface area contributed by atoms with Gasteiger partial charge in [-0.1, -0.05) is 71.4 Å². The Hall–Kier alpha value is -2.29. The number of aryl methyl sites for hydroxylation is 1. The molecule has 0 N–H and O–H groups in total. The van der Waals surface area contributed by atoms with E-state index in [1.54, 1.807) is 11.8 Å². The van der Waals surface area contributed by atoms with Crippen molar-refractivity contribution >= 4 is 34.3 Å². The van der Waals surface area contributed by atoms with Crippen molar-refractivity contribution in [2.45, 2.75) is 16.7 Å². The summed E-state index contributed by atoms with van der Waals surface area (Å²) in [6, 6.07) is 26.9. The zero-order valence-electron chi connectivity index (χ0n) is 13.7. The van der Waals surface area contributed by atoms with Crippen LogP contribution < -0.4 is 0 Å². The fourth-order valence-electron chi connectivity index (χ4n) is 2.72. The predicted molar refractivity (Wildman–Crippen MR) is 107 cm³/mol. The summed E-state index contributed by atoms with van der Waals surface area (Å²) in [6.45, 7) is 2.10. The Labute approximate surface area is 156 Å². The van der Waals surface area contributed by atoms with Crippen LogP contribution in [-0.2, 0) is 0 Å². The Morgan fingerprint density at radius 3 is 2.32 bits per heavy atom. The van der Waals surface area contributed by atoms with E-state index in [2.05, 4.69) is 49.4 Å². The highest BCUT2D eigenvalue weighted by atomic mass is 35.5. The van der Waals surface area contributed by atoms with Gasteiger partial charge >= 0.3 is 0 Å². The molecular formula is C22H16ClNS. The minimum absolute atomic E-state index is 0.734. The molecular weight excluding hydrogens is 346 g/mol. The zero-order chi connectivity index (χ0) is 17.2. The number of para-hydroxylation sites is 1. The molecule has 1 nitrogen and oxygen atoms in total. The van der Waals surface area contributed by atoms with Gasteiger partial charge in [0.2, 0.25) is 0 Å². The van der Waals surface area contributed by atoms with Gasteiger partial charge in [0.15, 0.2) is 0 Å². The summed E-state index contributed by atoms with van der Waals surface area (Å²) < 4.78 is 0. The molecule has 25 heavy (non-hydrogen) atoms. The van der Waals surface area contributed by atoms with E-state index >= 15 is 0 Å². The fourth-order valence-corrected chi connectivity index (χ4v) is 3.82. The lowest BCUT2D eigenvalue weighted by atomic mass is 10.1. The molecule has 0 aliphatic heterocycles. The summed E-state index contributed by atoms with van der Waals surface area (Å²) in [4.78, 5) is 7.27. The maximum atomic E-state index is 6.05. The number of nitrogens with zero attached hydrogens (tertiary/aromatic N) is 1. The van der Waals surface area contributed by atoms with Crippen molar-refractivity contribution in [1.82, 2.24) is 4.98 Å². The van der Waals surface area contributed by atoms with Crippen molar-refractivity contribution in [1.29, 1.82) is 0 Å². The van der Waals surface area contributed by atoms with E-state index < -0.39 is 0 Å². The summed E-state index contributed by atoms with van der Waals surface area (Å²) in [5.74, 6) is 0. The normalized spacial score (nSPS) is 11.0. The molecule has 1 aromatic heterocycles. The van der Waals surface area contributed by atoms with Gasteiger partial charge in [-0.05, 0) is 43.3 Å². The van der Waals surface area contributed by atoms with Gasteiger partial charge in [-0.25, -0.2) is 4.98 Å². The minimum atomic E-state index is 0.734. The lowest BCUT2D eigenvalue weighted by molar-refractivity contribution is 1.29. The number of hydrogen-bond donors (Lipinski definition) is 0. The first-order valence-corrected chi connectivity index (χ1v) is 9.29. The van der Waals surface area contributed by atoms with Crippen LogP contribution in [0.1, 0.15) is 5.56 Å². The largest absolute Gasteiger partial charge is 0.247 e. The molecule has 1 heterocycles. The molecule has 3 aromatic carbocycles. The molecule has 0 fully saturated rings. The Morgan fingerprint density at radius 2 is 1.56 bits per heavy atom. The van der Waals surface area contributed by atoms with Crippen LogP contribution in [0, 0.1) is 6.92 Å². The summed E-state index contributed by atoms with van der Waals surface area (Å²) >= 11 is 7.79. The zero-order valence-corrected chi connectivity index (χ0v) is 15.3. The van der Waals surface area contributed by atoms with Gasteiger partial charge in [-0.3, -0.25) is 0 Å². The van der Waals surface area contributed by atoms with Crippen LogP contribution >= 0.6 is 23.4 Å². The first-order chi connectivity index (χ1) is 12.2. The average molecular weight is 362 g/mol. The van der Waals surface area contributed by atoms with E-state index in [4.69, 9.17) is 16.6 Å². The summed E-state index contributed by atoms with van der Waals surface area (Å²) in [5, 5.41) is 1.88. The molecule has 0 radical (unpaired) electrons. The molecule has 0 aliphatic carbocycles. The van der Waals surface area contributed by atoms with E-state index in [1.165, 1.54) is 10.5 Å². The Bertz CT molecular complexity index is 1020. The second-order valence-corrected chi connectivity index (χ2v) is 7.50. The number of rotatable bonds is 3. The summed E-state index contributed by atoms with van der Waals surface area (Å²) in [6.07, 6.45) is 0. The quantitative estimate of drug-likeness (QED) is 0.389. The molecule has 0 spiro atoms. The topological polar surface area (TPSA) is 12.9 Å². The van der Waals surface area contributed by atoms with E-state index in [-0.39, 0.29) is 0 Å². The predicted octanol–water partition coefficient (Wildman–Crippen LogP) is 7.01. The Morgan fingerprint density at radius 1 is 0.840 bits per heavy atom. The number of halogens is 1. The highest BCUT2D eigenvalue weighted by Gasteiger charge is 2.11. The van der Waals surface area contributed by atoms with Gasteiger partial charge in [-0.15, -0.1) is 0 Å². The molecule has 0 saturated carbocycles. The maximum Gasteiger partial charge on any atom is 0.0849 e. The molecule has 0 bridgehead atoms. The third kappa shape index (κ3) is 3.55. The fraction of sp³-hybridized carbons (Fsp3) is 0.0455. The second kappa shape index (κ2) is 6.91. The molecule has 0 atom stereocenters. The van der Waals surface area contributed by atoms with Crippen LogP contribution in [0.3, 0.4) is 0 Å². The van der Waals surface area contributed by atoms with Crippen LogP contribution in [-0.4, -0.2) is 4.98 Å².